The Morgan fingerprint density at radius 2 is 1.46 bits per heavy atom. The molecule has 0 spiro atoms. The van der Waals surface area contributed by atoms with E-state index in [9.17, 15) is 34.8 Å². The van der Waals surface area contributed by atoms with Crippen LogP contribution in [0.15, 0.2) is 31.5 Å². The van der Waals surface area contributed by atoms with E-state index in [0.29, 0.717) is 18.8 Å². The van der Waals surface area contributed by atoms with Crippen molar-refractivity contribution in [3.63, 3.8) is 0 Å². The minimum atomic E-state index is -0.627. The van der Waals surface area contributed by atoms with Gasteiger partial charge < -0.3 is 25.3 Å². The van der Waals surface area contributed by atoms with Crippen LogP contribution in [0, 0.1) is 0 Å². The molecule has 2 aromatic rings. The molecule has 0 unspecified atom stereocenters. The molecule has 0 bridgehead atoms. The molecule has 5 rings (SSSR count). The molecule has 0 radical (unpaired) electrons. The molecule has 1 fully saturated rings. The highest BCUT2D eigenvalue weighted by Crippen LogP contribution is 2.42. The number of anilines is 1. The van der Waals surface area contributed by atoms with Crippen LogP contribution in [0.4, 0.5) is 5.69 Å². The van der Waals surface area contributed by atoms with Crippen LogP contribution < -0.4 is 26.9 Å². The lowest BCUT2D eigenvalue weighted by Crippen LogP contribution is -2.38. The molecule has 3 aliphatic rings. The highest BCUT2D eigenvalue weighted by Gasteiger charge is 2.30. The molecule has 3 heterocycles. The van der Waals surface area contributed by atoms with E-state index >= 15 is 0 Å². The SMILES string of the molecule is O=c1c2c(=NCCO)cc3c(=O)n(CCO)c(=O)c4c(N5CCCC5)cc(c(O)n1CCO)c2c4-3. The summed E-state index contributed by atoms with van der Waals surface area (Å²) in [5, 5.41) is 40.5. The number of benzene rings is 2. The lowest BCUT2D eigenvalue weighted by molar-refractivity contribution is 0.265. The third-order valence-corrected chi connectivity index (χ3v) is 6.73. The minimum Gasteiger partial charge on any atom is -0.494 e. The quantitative estimate of drug-likeness (QED) is 0.240. The van der Waals surface area contributed by atoms with E-state index in [4.69, 9.17) is 0 Å². The van der Waals surface area contributed by atoms with E-state index in [1.54, 1.807) is 6.07 Å². The van der Waals surface area contributed by atoms with Crippen LogP contribution in [0.3, 0.4) is 0 Å². The summed E-state index contributed by atoms with van der Waals surface area (Å²) in [5.74, 6) is -0.369. The summed E-state index contributed by atoms with van der Waals surface area (Å²) in [4.78, 5) is 46.8. The van der Waals surface area contributed by atoms with Crippen molar-refractivity contribution in [2.75, 3.05) is 44.4 Å². The number of rotatable bonds is 7. The fourth-order valence-electron chi connectivity index (χ4n) is 5.25. The zero-order chi connectivity index (χ0) is 24.9. The Kier molecular flexibility index (Phi) is 5.91. The van der Waals surface area contributed by atoms with Gasteiger partial charge in [-0.15, -0.1) is 0 Å². The number of hydrogen-bond acceptors (Lipinski definition) is 9. The third-order valence-electron chi connectivity index (χ3n) is 6.73. The van der Waals surface area contributed by atoms with Crippen LogP contribution in [-0.4, -0.2) is 69.0 Å². The Morgan fingerprint density at radius 1 is 0.800 bits per heavy atom. The Bertz CT molecular complexity index is 1620. The molecule has 35 heavy (non-hydrogen) atoms. The molecule has 1 aliphatic carbocycles. The maximum absolute atomic E-state index is 13.6. The summed E-state index contributed by atoms with van der Waals surface area (Å²) in [6.45, 7) is -0.0798. The monoisotopic (exact) mass is 482 g/mol. The van der Waals surface area contributed by atoms with Crippen LogP contribution >= 0.6 is 0 Å². The van der Waals surface area contributed by atoms with Gasteiger partial charge in [-0.3, -0.25) is 28.5 Å². The second kappa shape index (κ2) is 8.91. The van der Waals surface area contributed by atoms with Gasteiger partial charge in [0.25, 0.3) is 16.7 Å². The lowest BCUT2D eigenvalue weighted by Gasteiger charge is -2.25. The van der Waals surface area contributed by atoms with Crippen molar-refractivity contribution >= 4 is 27.2 Å². The number of aromatic nitrogens is 2. The summed E-state index contributed by atoms with van der Waals surface area (Å²) in [7, 11) is 0. The number of aliphatic hydroxyl groups is 3. The number of aromatic hydroxyl groups is 1. The van der Waals surface area contributed by atoms with Gasteiger partial charge in [-0.2, -0.15) is 0 Å². The van der Waals surface area contributed by atoms with E-state index in [1.807, 2.05) is 4.90 Å². The standard InChI is InChI=1S/C24H26N4O7/c29-8-3-25-15-11-13-18-17-14(22(33)27(6-9-30)23(34)19(15)17)12-16(26-4-1-2-5-26)20(18)24(35)28(7-10-31)21(13)32/h11-12,29-31,33H,1-10H2. The molecule has 1 saturated heterocycles. The van der Waals surface area contributed by atoms with Gasteiger partial charge in [-0.25, -0.2) is 0 Å². The summed E-state index contributed by atoms with van der Waals surface area (Å²) >= 11 is 0. The van der Waals surface area contributed by atoms with E-state index < -0.39 is 23.3 Å². The van der Waals surface area contributed by atoms with E-state index in [0.717, 1.165) is 22.0 Å². The van der Waals surface area contributed by atoms with Crippen molar-refractivity contribution < 1.29 is 20.4 Å². The van der Waals surface area contributed by atoms with Gasteiger partial charge in [-0.1, -0.05) is 0 Å². The third kappa shape index (κ3) is 3.38. The molecule has 4 N–H and O–H groups in total. The average Bonchev–Trinajstić information content (AvgIpc) is 3.39. The number of hydrogen-bond donors (Lipinski definition) is 4. The van der Waals surface area contributed by atoms with Crippen molar-refractivity contribution in [3.8, 4) is 17.0 Å². The summed E-state index contributed by atoms with van der Waals surface area (Å²) in [6, 6.07) is 3.09. The molecular formula is C24H26N4O7. The fourth-order valence-corrected chi connectivity index (χ4v) is 5.25. The van der Waals surface area contributed by atoms with Crippen molar-refractivity contribution in [2.45, 2.75) is 25.9 Å². The first-order chi connectivity index (χ1) is 16.9. The molecule has 0 atom stereocenters. The van der Waals surface area contributed by atoms with Gasteiger partial charge in [0.05, 0.1) is 66.8 Å². The van der Waals surface area contributed by atoms with Gasteiger partial charge in [-0.05, 0) is 25.0 Å². The van der Waals surface area contributed by atoms with Crippen molar-refractivity contribution in [3.05, 3.63) is 48.6 Å². The Hall–Kier alpha value is -3.54. The van der Waals surface area contributed by atoms with E-state index in [2.05, 4.69) is 4.99 Å². The number of nitrogens with zero attached hydrogens (tertiary/aromatic N) is 4. The normalized spacial score (nSPS) is 14.9. The van der Waals surface area contributed by atoms with Crippen LogP contribution in [-0.2, 0) is 13.1 Å². The Balaban J connectivity index is 2.11. The Labute approximate surface area is 198 Å². The van der Waals surface area contributed by atoms with Crippen molar-refractivity contribution in [1.82, 2.24) is 9.13 Å². The van der Waals surface area contributed by atoms with Crippen LogP contribution in [0.2, 0.25) is 0 Å². The average molecular weight is 482 g/mol. The zero-order valence-electron chi connectivity index (χ0n) is 19.0. The van der Waals surface area contributed by atoms with Crippen LogP contribution in [0.25, 0.3) is 32.7 Å². The largest absolute Gasteiger partial charge is 0.494 e. The maximum Gasteiger partial charge on any atom is 0.263 e. The first-order valence-electron chi connectivity index (χ1n) is 11.6. The second-order valence-corrected chi connectivity index (χ2v) is 8.68. The highest BCUT2D eigenvalue weighted by molar-refractivity contribution is 6.19. The molecule has 1 aromatic carbocycles. The van der Waals surface area contributed by atoms with E-state index in [-0.39, 0.29) is 76.8 Å². The summed E-state index contributed by atoms with van der Waals surface area (Å²) < 4.78 is 2.04. The first kappa shape index (κ1) is 23.2. The number of pyridine rings is 2. The topological polar surface area (TPSA) is 158 Å². The van der Waals surface area contributed by atoms with Crippen LogP contribution in [0.5, 0.6) is 5.88 Å². The molecule has 0 amide bonds. The van der Waals surface area contributed by atoms with Crippen molar-refractivity contribution in [2.24, 2.45) is 4.99 Å². The number of aliphatic hydroxyl groups excluding tert-OH is 3. The zero-order valence-corrected chi connectivity index (χ0v) is 19.0. The van der Waals surface area contributed by atoms with Gasteiger partial charge in [0.15, 0.2) is 0 Å². The predicted molar refractivity (Wildman–Crippen MR) is 130 cm³/mol. The lowest BCUT2D eigenvalue weighted by atomic mass is 9.89. The van der Waals surface area contributed by atoms with Gasteiger partial charge >= 0.3 is 0 Å². The molecule has 11 heteroatoms. The van der Waals surface area contributed by atoms with Crippen LogP contribution in [0.1, 0.15) is 12.8 Å². The summed E-state index contributed by atoms with van der Waals surface area (Å²) in [5.41, 5.74) is -0.858. The molecule has 0 saturated carbocycles. The van der Waals surface area contributed by atoms with Gasteiger partial charge in [0, 0.05) is 29.4 Å². The first-order valence-corrected chi connectivity index (χ1v) is 11.6. The minimum absolute atomic E-state index is 0.0253. The predicted octanol–water partition coefficient (Wildman–Crippen LogP) is -1.16. The molecule has 1 aromatic heterocycles. The van der Waals surface area contributed by atoms with Gasteiger partial charge in [0.1, 0.15) is 0 Å². The fraction of sp³-hybridized carbons (Fsp3) is 0.417. The second-order valence-electron chi connectivity index (χ2n) is 8.68. The highest BCUT2D eigenvalue weighted by atomic mass is 16.3. The Morgan fingerprint density at radius 3 is 2.11 bits per heavy atom. The smallest absolute Gasteiger partial charge is 0.263 e. The van der Waals surface area contributed by atoms with E-state index in [1.165, 1.54) is 6.07 Å². The molecular weight excluding hydrogens is 456 g/mol. The molecule has 184 valence electrons. The van der Waals surface area contributed by atoms with Crippen molar-refractivity contribution in [1.29, 1.82) is 0 Å². The molecule has 2 aliphatic heterocycles. The maximum atomic E-state index is 13.6. The molecule has 11 nitrogen and oxygen atoms in total. The van der Waals surface area contributed by atoms with Gasteiger partial charge in [0.2, 0.25) is 5.88 Å². The summed E-state index contributed by atoms with van der Waals surface area (Å²) in [6.07, 6.45) is 1.84.